The third kappa shape index (κ3) is 4.54. The molecule has 0 N–H and O–H groups in total. The average Bonchev–Trinajstić information content (AvgIpc) is 3.48. The molecule has 2 aromatic carbocycles. The monoisotopic (exact) mass is 481 g/mol. The summed E-state index contributed by atoms with van der Waals surface area (Å²) in [4.78, 5) is 21.5. The topological polar surface area (TPSA) is 105 Å². The lowest BCUT2D eigenvalue weighted by atomic mass is 10.1. The van der Waals surface area contributed by atoms with Crippen molar-refractivity contribution in [2.45, 2.75) is 32.6 Å². The van der Waals surface area contributed by atoms with Crippen LogP contribution in [0.5, 0.6) is 0 Å². The van der Waals surface area contributed by atoms with Crippen LogP contribution in [0.4, 0.5) is 13.2 Å². The molecule has 0 fully saturated rings. The number of hydrogen-bond donors (Lipinski definition) is 0. The van der Waals surface area contributed by atoms with Gasteiger partial charge >= 0.3 is 6.18 Å². The highest BCUT2D eigenvalue weighted by Gasteiger charge is 2.30. The van der Waals surface area contributed by atoms with Crippen molar-refractivity contribution in [3.8, 4) is 11.4 Å². The normalized spacial score (nSPS) is 11.9. The zero-order valence-electron chi connectivity index (χ0n) is 18.4. The highest BCUT2D eigenvalue weighted by atomic mass is 19.4. The molecule has 3 aromatic heterocycles. The Morgan fingerprint density at radius 3 is 2.57 bits per heavy atom. The molecule has 0 amide bonds. The second kappa shape index (κ2) is 8.78. The molecule has 0 bridgehead atoms. The Hall–Kier alpha value is -4.35. The molecule has 0 aliphatic carbocycles. The summed E-state index contributed by atoms with van der Waals surface area (Å²) in [5, 5.41) is 11.8. The minimum Gasteiger partial charge on any atom is -0.337 e. The van der Waals surface area contributed by atoms with Gasteiger partial charge in [-0.15, -0.1) is 5.10 Å². The number of halogens is 3. The predicted molar refractivity (Wildman–Crippen MR) is 118 cm³/mol. The number of aromatic nitrogens is 7. The molecule has 12 heteroatoms. The lowest BCUT2D eigenvalue weighted by Crippen LogP contribution is -2.21. The molecule has 35 heavy (non-hydrogen) atoms. The van der Waals surface area contributed by atoms with E-state index in [-0.39, 0.29) is 30.1 Å². The smallest absolute Gasteiger partial charge is 0.337 e. The Morgan fingerprint density at radius 2 is 1.83 bits per heavy atom. The van der Waals surface area contributed by atoms with Gasteiger partial charge in [-0.2, -0.15) is 18.2 Å². The van der Waals surface area contributed by atoms with E-state index in [1.807, 2.05) is 24.3 Å². The molecular weight excluding hydrogens is 463 g/mol. The molecule has 0 spiro atoms. The van der Waals surface area contributed by atoms with Crippen LogP contribution in [0.25, 0.3) is 22.6 Å². The summed E-state index contributed by atoms with van der Waals surface area (Å²) in [7, 11) is 0. The number of rotatable bonds is 6. The van der Waals surface area contributed by atoms with Crippen molar-refractivity contribution < 1.29 is 17.7 Å². The Morgan fingerprint density at radius 1 is 1.03 bits per heavy atom. The van der Waals surface area contributed by atoms with Crippen LogP contribution in [0.2, 0.25) is 0 Å². The number of alkyl halides is 3. The molecule has 5 rings (SSSR count). The SMILES string of the molecule is CCc1ccc(-c2noc(Cn3cnc4c(nnn4Cc4cccc(C(F)(F)F)c4)c3=O)n2)cc1. The predicted octanol–water partition coefficient (Wildman–Crippen LogP) is 3.72. The standard InChI is InChI=1S/C23H18F3N7O2/c1-2-14-6-8-16(9-7-14)20-28-18(35-30-20)12-32-13-27-21-19(22(32)34)29-31-33(21)11-15-4-3-5-17(10-15)23(24,25)26/h3-10,13H,2,11-12H2,1H3. The van der Waals surface area contributed by atoms with E-state index in [4.69, 9.17) is 4.52 Å². The number of benzene rings is 2. The first-order chi connectivity index (χ1) is 16.8. The summed E-state index contributed by atoms with van der Waals surface area (Å²) in [6.07, 6.45) is -2.25. The van der Waals surface area contributed by atoms with E-state index in [0.29, 0.717) is 11.4 Å². The van der Waals surface area contributed by atoms with Gasteiger partial charge in [0.1, 0.15) is 12.9 Å². The third-order valence-corrected chi connectivity index (χ3v) is 5.47. The van der Waals surface area contributed by atoms with Crippen LogP contribution in [0.15, 0.2) is 64.2 Å². The summed E-state index contributed by atoms with van der Waals surface area (Å²) < 4.78 is 46.8. The summed E-state index contributed by atoms with van der Waals surface area (Å²) in [5.41, 5.74) is 1.20. The first-order valence-corrected chi connectivity index (χ1v) is 10.7. The van der Waals surface area contributed by atoms with E-state index in [9.17, 15) is 18.0 Å². The molecular formula is C23H18F3N7O2. The minimum atomic E-state index is -4.46. The molecule has 0 radical (unpaired) electrons. The van der Waals surface area contributed by atoms with Crippen molar-refractivity contribution in [2.24, 2.45) is 0 Å². The van der Waals surface area contributed by atoms with Crippen LogP contribution in [-0.4, -0.2) is 34.7 Å². The first kappa shape index (κ1) is 22.4. The average molecular weight is 481 g/mol. The molecule has 0 unspecified atom stereocenters. The fourth-order valence-corrected chi connectivity index (χ4v) is 3.60. The maximum atomic E-state index is 13.0. The second-order valence-electron chi connectivity index (χ2n) is 7.86. The quantitative estimate of drug-likeness (QED) is 0.364. The Labute approximate surface area is 195 Å². The summed E-state index contributed by atoms with van der Waals surface area (Å²) in [6.45, 7) is 2.01. The van der Waals surface area contributed by atoms with Crippen LogP contribution < -0.4 is 5.56 Å². The van der Waals surface area contributed by atoms with Gasteiger partial charge in [0, 0.05) is 5.56 Å². The molecule has 9 nitrogen and oxygen atoms in total. The van der Waals surface area contributed by atoms with Gasteiger partial charge in [0.15, 0.2) is 11.2 Å². The number of nitrogens with zero attached hydrogens (tertiary/aromatic N) is 7. The fourth-order valence-electron chi connectivity index (χ4n) is 3.60. The van der Waals surface area contributed by atoms with Gasteiger partial charge in [-0.05, 0) is 29.7 Å². The number of hydrogen-bond acceptors (Lipinski definition) is 7. The summed E-state index contributed by atoms with van der Waals surface area (Å²) in [6, 6.07) is 12.6. The Bertz CT molecular complexity index is 1550. The molecule has 178 valence electrons. The van der Waals surface area contributed by atoms with Crippen LogP contribution in [0.1, 0.15) is 29.5 Å². The minimum absolute atomic E-state index is 0.0191. The van der Waals surface area contributed by atoms with Gasteiger partial charge in [-0.3, -0.25) is 9.36 Å². The van der Waals surface area contributed by atoms with E-state index in [1.165, 1.54) is 33.3 Å². The molecule has 0 aliphatic rings. The van der Waals surface area contributed by atoms with Crippen molar-refractivity contribution in [3.63, 3.8) is 0 Å². The second-order valence-corrected chi connectivity index (χ2v) is 7.86. The number of aryl methyl sites for hydroxylation is 1. The van der Waals surface area contributed by atoms with Gasteiger partial charge in [0.2, 0.25) is 11.7 Å². The molecule has 0 saturated carbocycles. The largest absolute Gasteiger partial charge is 0.416 e. The lowest BCUT2D eigenvalue weighted by molar-refractivity contribution is -0.137. The van der Waals surface area contributed by atoms with Crippen molar-refractivity contribution in [3.05, 3.63) is 87.8 Å². The van der Waals surface area contributed by atoms with E-state index in [2.05, 4.69) is 32.4 Å². The number of fused-ring (bicyclic) bond motifs is 1. The van der Waals surface area contributed by atoms with Crippen molar-refractivity contribution in [1.29, 1.82) is 0 Å². The van der Waals surface area contributed by atoms with Crippen molar-refractivity contribution >= 4 is 11.2 Å². The first-order valence-electron chi connectivity index (χ1n) is 10.7. The van der Waals surface area contributed by atoms with Gasteiger partial charge in [0.05, 0.1) is 12.1 Å². The summed E-state index contributed by atoms with van der Waals surface area (Å²) in [5.74, 6) is 0.607. The van der Waals surface area contributed by atoms with Crippen LogP contribution >= 0.6 is 0 Å². The van der Waals surface area contributed by atoms with E-state index >= 15 is 0 Å². The Kier molecular flexibility index (Phi) is 5.63. The Balaban J connectivity index is 1.38. The maximum absolute atomic E-state index is 13.0. The maximum Gasteiger partial charge on any atom is 0.416 e. The molecule has 3 heterocycles. The van der Waals surface area contributed by atoms with Gasteiger partial charge in [-0.25, -0.2) is 9.67 Å². The third-order valence-electron chi connectivity index (χ3n) is 5.47. The lowest BCUT2D eigenvalue weighted by Gasteiger charge is -2.08. The van der Waals surface area contributed by atoms with Crippen LogP contribution in [-0.2, 0) is 25.7 Å². The van der Waals surface area contributed by atoms with Crippen molar-refractivity contribution in [2.75, 3.05) is 0 Å². The zero-order chi connectivity index (χ0) is 24.6. The van der Waals surface area contributed by atoms with E-state index < -0.39 is 17.3 Å². The zero-order valence-corrected chi connectivity index (χ0v) is 18.4. The van der Waals surface area contributed by atoms with Crippen molar-refractivity contribution in [1.82, 2.24) is 34.7 Å². The summed E-state index contributed by atoms with van der Waals surface area (Å²) >= 11 is 0. The van der Waals surface area contributed by atoms with E-state index in [1.54, 1.807) is 0 Å². The molecule has 5 aromatic rings. The highest BCUT2D eigenvalue weighted by Crippen LogP contribution is 2.29. The molecule has 0 atom stereocenters. The fraction of sp³-hybridized carbons (Fsp3) is 0.217. The van der Waals surface area contributed by atoms with Gasteiger partial charge in [-0.1, -0.05) is 53.7 Å². The van der Waals surface area contributed by atoms with Gasteiger partial charge < -0.3 is 4.52 Å². The highest BCUT2D eigenvalue weighted by molar-refractivity contribution is 5.67. The van der Waals surface area contributed by atoms with E-state index in [0.717, 1.165) is 24.1 Å². The molecule has 0 aliphatic heterocycles. The van der Waals surface area contributed by atoms with Crippen LogP contribution in [0, 0.1) is 0 Å². The van der Waals surface area contributed by atoms with Crippen LogP contribution in [0.3, 0.4) is 0 Å². The molecule has 0 saturated heterocycles. The van der Waals surface area contributed by atoms with Gasteiger partial charge in [0.25, 0.3) is 5.56 Å².